The van der Waals surface area contributed by atoms with Gasteiger partial charge in [0, 0.05) is 16.5 Å². The Hall–Kier alpha value is -4.92. The standard InChI is InChI=1S/C40H33NSi/c1-4-29-13-15-30(16-14-29)32-19-25-35(26-20-32)42(2,3)36-27-21-33(22-28-36)31-17-23-34(24-18-31)41-39-11-7-5-9-37(39)38-10-6-8-12-40(38)41/h4-28H,1H2,2-3H3. The number of rotatable bonds is 6. The Kier molecular flexibility index (Phi) is 6.49. The van der Waals surface area contributed by atoms with Crippen molar-refractivity contribution in [3.05, 3.63) is 158 Å². The lowest BCUT2D eigenvalue weighted by Gasteiger charge is -2.24. The number of hydrogen-bond acceptors (Lipinski definition) is 0. The lowest BCUT2D eigenvalue weighted by molar-refractivity contribution is 1.18. The zero-order valence-corrected chi connectivity index (χ0v) is 25.1. The van der Waals surface area contributed by atoms with Crippen molar-refractivity contribution >= 4 is 46.3 Å². The van der Waals surface area contributed by atoms with E-state index in [1.165, 1.54) is 60.1 Å². The summed E-state index contributed by atoms with van der Waals surface area (Å²) in [5.41, 5.74) is 9.77. The number of hydrogen-bond donors (Lipinski definition) is 0. The maximum Gasteiger partial charge on any atom is 0.112 e. The van der Waals surface area contributed by atoms with Crippen LogP contribution in [0.3, 0.4) is 0 Å². The molecule has 0 saturated carbocycles. The van der Waals surface area contributed by atoms with E-state index in [0.717, 1.165) is 5.56 Å². The van der Waals surface area contributed by atoms with E-state index in [1.807, 2.05) is 6.08 Å². The van der Waals surface area contributed by atoms with Gasteiger partial charge in [0.1, 0.15) is 8.07 Å². The summed E-state index contributed by atoms with van der Waals surface area (Å²) in [4.78, 5) is 0. The average molecular weight is 556 g/mol. The highest BCUT2D eigenvalue weighted by Crippen LogP contribution is 2.32. The van der Waals surface area contributed by atoms with E-state index in [2.05, 4.69) is 170 Å². The number of benzene rings is 6. The molecule has 202 valence electrons. The molecule has 0 N–H and O–H groups in total. The van der Waals surface area contributed by atoms with Gasteiger partial charge in [-0.25, -0.2) is 0 Å². The molecule has 0 aliphatic carbocycles. The Morgan fingerprint density at radius 3 is 1.29 bits per heavy atom. The highest BCUT2D eigenvalue weighted by atomic mass is 28.3. The zero-order valence-electron chi connectivity index (χ0n) is 24.1. The summed E-state index contributed by atoms with van der Waals surface area (Å²) in [7, 11) is -1.83. The largest absolute Gasteiger partial charge is 0.309 e. The van der Waals surface area contributed by atoms with Crippen molar-refractivity contribution in [1.29, 1.82) is 0 Å². The van der Waals surface area contributed by atoms with Crippen LogP contribution in [0, 0.1) is 0 Å². The van der Waals surface area contributed by atoms with Crippen LogP contribution in [-0.2, 0) is 0 Å². The van der Waals surface area contributed by atoms with Crippen molar-refractivity contribution < 1.29 is 0 Å². The average Bonchev–Trinajstić information content (AvgIpc) is 3.39. The Labute approximate surface area is 249 Å². The molecule has 0 amide bonds. The highest BCUT2D eigenvalue weighted by molar-refractivity contribution is 7.00. The Balaban J connectivity index is 1.14. The molecule has 0 fully saturated rings. The van der Waals surface area contributed by atoms with Gasteiger partial charge >= 0.3 is 0 Å². The lowest BCUT2D eigenvalue weighted by Crippen LogP contribution is -2.52. The first-order valence-corrected chi connectivity index (χ1v) is 17.6. The fraction of sp³-hybridized carbons (Fsp3) is 0.0500. The van der Waals surface area contributed by atoms with Crippen LogP contribution < -0.4 is 10.4 Å². The SMILES string of the molecule is C=Cc1ccc(-c2ccc([Si](C)(C)c3ccc(-c4ccc(-n5c6ccccc6c6ccccc65)cc4)cc3)cc2)cc1. The second-order valence-corrected chi connectivity index (χ2v) is 15.9. The first kappa shape index (κ1) is 26.0. The molecule has 1 nitrogen and oxygen atoms in total. The van der Waals surface area contributed by atoms with Crippen LogP contribution in [0.1, 0.15) is 5.56 Å². The molecule has 7 aromatic rings. The normalized spacial score (nSPS) is 11.7. The lowest BCUT2D eigenvalue weighted by atomic mass is 10.0. The molecule has 1 heterocycles. The van der Waals surface area contributed by atoms with Crippen LogP contribution in [0.4, 0.5) is 0 Å². The van der Waals surface area contributed by atoms with E-state index in [4.69, 9.17) is 0 Å². The third-order valence-electron chi connectivity index (χ3n) is 8.73. The van der Waals surface area contributed by atoms with Crippen molar-refractivity contribution in [3.8, 4) is 27.9 Å². The number of aromatic nitrogens is 1. The summed E-state index contributed by atoms with van der Waals surface area (Å²) in [5.74, 6) is 0. The van der Waals surface area contributed by atoms with Crippen LogP contribution >= 0.6 is 0 Å². The molecule has 0 atom stereocenters. The van der Waals surface area contributed by atoms with Crippen molar-refractivity contribution in [3.63, 3.8) is 0 Å². The molecule has 2 heteroatoms. The Morgan fingerprint density at radius 2 is 0.857 bits per heavy atom. The number of fused-ring (bicyclic) bond motifs is 3. The maximum atomic E-state index is 3.86. The Morgan fingerprint density at radius 1 is 0.476 bits per heavy atom. The summed E-state index contributed by atoms with van der Waals surface area (Å²) in [6.45, 7) is 8.74. The van der Waals surface area contributed by atoms with Crippen LogP contribution in [0.15, 0.2) is 152 Å². The van der Waals surface area contributed by atoms with Gasteiger partial charge in [-0.05, 0) is 52.1 Å². The second-order valence-electron chi connectivity index (χ2n) is 11.5. The van der Waals surface area contributed by atoms with Gasteiger partial charge in [0.05, 0.1) is 11.0 Å². The van der Waals surface area contributed by atoms with Gasteiger partial charge in [-0.1, -0.05) is 157 Å². The molecule has 0 spiro atoms. The molecule has 0 radical (unpaired) electrons. The minimum Gasteiger partial charge on any atom is -0.309 e. The van der Waals surface area contributed by atoms with E-state index in [9.17, 15) is 0 Å². The van der Waals surface area contributed by atoms with Gasteiger partial charge in [0.2, 0.25) is 0 Å². The quantitative estimate of drug-likeness (QED) is 0.180. The van der Waals surface area contributed by atoms with Gasteiger partial charge < -0.3 is 4.57 Å². The van der Waals surface area contributed by atoms with Crippen molar-refractivity contribution in [1.82, 2.24) is 4.57 Å². The molecular formula is C40H33NSi. The van der Waals surface area contributed by atoms with Gasteiger partial charge in [0.25, 0.3) is 0 Å². The van der Waals surface area contributed by atoms with Gasteiger partial charge in [-0.3, -0.25) is 0 Å². The summed E-state index contributed by atoms with van der Waals surface area (Å²) in [5, 5.41) is 5.46. The van der Waals surface area contributed by atoms with Gasteiger partial charge in [-0.2, -0.15) is 0 Å². The van der Waals surface area contributed by atoms with Crippen LogP contribution in [0.5, 0.6) is 0 Å². The van der Waals surface area contributed by atoms with Crippen LogP contribution in [0.25, 0.3) is 55.8 Å². The molecular weight excluding hydrogens is 523 g/mol. The third-order valence-corrected chi connectivity index (χ3v) is 12.3. The van der Waals surface area contributed by atoms with Gasteiger partial charge in [-0.15, -0.1) is 0 Å². The Bertz CT molecular complexity index is 1970. The second kappa shape index (κ2) is 10.5. The summed E-state index contributed by atoms with van der Waals surface area (Å²) in [6, 6.07) is 53.3. The van der Waals surface area contributed by atoms with E-state index >= 15 is 0 Å². The first-order chi connectivity index (χ1) is 20.5. The van der Waals surface area contributed by atoms with E-state index in [-0.39, 0.29) is 0 Å². The fourth-order valence-electron chi connectivity index (χ4n) is 6.14. The molecule has 0 unspecified atom stereocenters. The predicted molar refractivity (Wildman–Crippen MR) is 185 cm³/mol. The van der Waals surface area contributed by atoms with E-state index in [1.54, 1.807) is 0 Å². The van der Waals surface area contributed by atoms with E-state index < -0.39 is 8.07 Å². The summed E-state index contributed by atoms with van der Waals surface area (Å²) >= 11 is 0. The maximum absolute atomic E-state index is 3.86. The fourth-order valence-corrected chi connectivity index (χ4v) is 8.47. The third kappa shape index (κ3) is 4.51. The van der Waals surface area contributed by atoms with Crippen molar-refractivity contribution in [2.24, 2.45) is 0 Å². The smallest absolute Gasteiger partial charge is 0.112 e. The molecule has 7 rings (SSSR count). The molecule has 0 saturated heterocycles. The van der Waals surface area contributed by atoms with E-state index in [0.29, 0.717) is 0 Å². The van der Waals surface area contributed by atoms with Crippen LogP contribution in [0.2, 0.25) is 13.1 Å². The molecule has 1 aromatic heterocycles. The van der Waals surface area contributed by atoms with Gasteiger partial charge in [0.15, 0.2) is 0 Å². The summed E-state index contributed by atoms with van der Waals surface area (Å²) < 4.78 is 2.37. The molecule has 42 heavy (non-hydrogen) atoms. The minimum absolute atomic E-state index is 1.14. The topological polar surface area (TPSA) is 4.93 Å². The van der Waals surface area contributed by atoms with Crippen molar-refractivity contribution in [2.45, 2.75) is 13.1 Å². The number of nitrogens with zero attached hydrogens (tertiary/aromatic N) is 1. The predicted octanol–water partition coefficient (Wildman–Crippen LogP) is 9.58. The zero-order chi connectivity index (χ0) is 28.7. The number of para-hydroxylation sites is 2. The minimum atomic E-state index is -1.83. The molecule has 0 bridgehead atoms. The van der Waals surface area contributed by atoms with Crippen LogP contribution in [-0.4, -0.2) is 12.6 Å². The molecule has 0 aliphatic heterocycles. The first-order valence-electron chi connectivity index (χ1n) is 14.6. The molecule has 6 aromatic carbocycles. The molecule has 0 aliphatic rings. The summed E-state index contributed by atoms with van der Waals surface area (Å²) in [6.07, 6.45) is 1.88. The highest BCUT2D eigenvalue weighted by Gasteiger charge is 2.26. The van der Waals surface area contributed by atoms with Crippen molar-refractivity contribution in [2.75, 3.05) is 0 Å². The monoisotopic (exact) mass is 555 g/mol.